The van der Waals surface area contributed by atoms with Gasteiger partial charge in [-0.05, 0) is 53.9 Å². The van der Waals surface area contributed by atoms with Gasteiger partial charge in [0.2, 0.25) is 0 Å². The van der Waals surface area contributed by atoms with E-state index in [0.717, 1.165) is 41.4 Å². The number of benzene rings is 2. The maximum atomic E-state index is 12.8. The van der Waals surface area contributed by atoms with Gasteiger partial charge >= 0.3 is 0 Å². The number of hydrogen-bond donors (Lipinski definition) is 1. The molecule has 2 amide bonds. The van der Waals surface area contributed by atoms with Crippen molar-refractivity contribution in [1.82, 2.24) is 19.8 Å². The zero-order chi connectivity index (χ0) is 21.5. The molecule has 0 spiro atoms. The summed E-state index contributed by atoms with van der Waals surface area (Å²) in [5.41, 5.74) is 2.89. The quantitative estimate of drug-likeness (QED) is 0.551. The number of hydrogen-bond acceptors (Lipinski definition) is 4. The number of aryl methyl sites for hydroxylation is 1. The molecule has 2 aromatic heterocycles. The summed E-state index contributed by atoms with van der Waals surface area (Å²) in [7, 11) is 1.62. The number of nitrogens with zero attached hydrogens (tertiary/aromatic N) is 3. The molecule has 0 unspecified atom stereocenters. The number of carbonyl (C=O) groups is 2. The maximum Gasteiger partial charge on any atom is 0.255 e. The minimum Gasteiger partial charge on any atom is -0.455 e. The second-order valence-corrected chi connectivity index (χ2v) is 7.67. The van der Waals surface area contributed by atoms with Crippen molar-refractivity contribution in [2.75, 3.05) is 20.1 Å². The highest BCUT2D eigenvalue weighted by Crippen LogP contribution is 2.33. The molecule has 5 rings (SSSR count). The molecular weight excluding hydrogens is 392 g/mol. The van der Waals surface area contributed by atoms with Crippen LogP contribution in [0.5, 0.6) is 11.5 Å². The zero-order valence-electron chi connectivity index (χ0n) is 17.4. The van der Waals surface area contributed by atoms with Crippen LogP contribution < -0.4 is 10.1 Å². The topological polar surface area (TPSA) is 75.9 Å². The summed E-state index contributed by atoms with van der Waals surface area (Å²) in [6.07, 6.45) is 4.48. The van der Waals surface area contributed by atoms with Gasteiger partial charge in [-0.3, -0.25) is 9.59 Å². The van der Waals surface area contributed by atoms with E-state index in [1.807, 2.05) is 42.2 Å². The highest BCUT2D eigenvalue weighted by atomic mass is 16.5. The van der Waals surface area contributed by atoms with Crippen molar-refractivity contribution in [3.63, 3.8) is 0 Å². The van der Waals surface area contributed by atoms with E-state index in [-0.39, 0.29) is 11.8 Å². The average molecular weight is 414 g/mol. The predicted molar refractivity (Wildman–Crippen MR) is 118 cm³/mol. The van der Waals surface area contributed by atoms with Gasteiger partial charge in [0.25, 0.3) is 11.8 Å². The van der Waals surface area contributed by atoms with Gasteiger partial charge in [-0.25, -0.2) is 4.52 Å². The van der Waals surface area contributed by atoms with Crippen LogP contribution in [0.4, 0.5) is 0 Å². The highest BCUT2D eigenvalue weighted by molar-refractivity contribution is 6.07. The van der Waals surface area contributed by atoms with Crippen molar-refractivity contribution in [1.29, 1.82) is 0 Å². The molecule has 1 aliphatic rings. The Morgan fingerprint density at radius 3 is 2.68 bits per heavy atom. The number of amides is 2. The summed E-state index contributed by atoms with van der Waals surface area (Å²) < 4.78 is 7.91. The van der Waals surface area contributed by atoms with Crippen molar-refractivity contribution in [3.8, 4) is 11.5 Å². The molecule has 0 atom stereocenters. The maximum absolute atomic E-state index is 12.8. The van der Waals surface area contributed by atoms with Crippen LogP contribution in [0.15, 0.2) is 54.9 Å². The Labute approximate surface area is 179 Å². The molecule has 1 fully saturated rings. The lowest BCUT2D eigenvalue weighted by molar-refractivity contribution is 0.0651. The molecule has 0 aliphatic carbocycles. The highest BCUT2D eigenvalue weighted by Gasteiger charge is 2.26. The van der Waals surface area contributed by atoms with Crippen LogP contribution in [0.1, 0.15) is 32.7 Å². The Morgan fingerprint density at radius 1 is 1.10 bits per heavy atom. The van der Waals surface area contributed by atoms with Crippen molar-refractivity contribution < 1.29 is 14.3 Å². The molecule has 4 aromatic rings. The van der Waals surface area contributed by atoms with Gasteiger partial charge in [0.05, 0.1) is 11.8 Å². The van der Waals surface area contributed by atoms with E-state index in [1.165, 1.54) is 0 Å². The predicted octanol–water partition coefficient (Wildman–Crippen LogP) is 3.79. The molecule has 0 radical (unpaired) electrons. The molecule has 3 heterocycles. The van der Waals surface area contributed by atoms with Crippen LogP contribution in [0, 0.1) is 6.92 Å². The lowest BCUT2D eigenvalue weighted by Crippen LogP contribution is -2.42. The number of rotatable bonds is 4. The monoisotopic (exact) mass is 414 g/mol. The third-order valence-electron chi connectivity index (χ3n) is 5.82. The Morgan fingerprint density at radius 2 is 1.94 bits per heavy atom. The van der Waals surface area contributed by atoms with Gasteiger partial charge < -0.3 is 15.0 Å². The smallest absolute Gasteiger partial charge is 0.255 e. The Bertz CT molecular complexity index is 1340. The first-order chi connectivity index (χ1) is 15.1. The molecule has 1 N–H and O–H groups in total. The fourth-order valence-corrected chi connectivity index (χ4v) is 4.00. The van der Waals surface area contributed by atoms with Gasteiger partial charge in [0, 0.05) is 38.0 Å². The second-order valence-electron chi connectivity index (χ2n) is 7.67. The first-order valence-corrected chi connectivity index (χ1v) is 10.3. The summed E-state index contributed by atoms with van der Waals surface area (Å²) >= 11 is 0. The van der Waals surface area contributed by atoms with Crippen molar-refractivity contribution in [2.24, 2.45) is 0 Å². The summed E-state index contributed by atoms with van der Waals surface area (Å²) in [5, 5.41) is 8.80. The van der Waals surface area contributed by atoms with Gasteiger partial charge in [0.15, 0.2) is 5.75 Å². The summed E-state index contributed by atoms with van der Waals surface area (Å²) in [5.74, 6) is 1.17. The van der Waals surface area contributed by atoms with Crippen LogP contribution in [0.3, 0.4) is 0 Å². The van der Waals surface area contributed by atoms with Crippen molar-refractivity contribution >= 4 is 28.1 Å². The Balaban J connectivity index is 1.53. The largest absolute Gasteiger partial charge is 0.455 e. The molecule has 0 bridgehead atoms. The Hall–Kier alpha value is -3.87. The van der Waals surface area contributed by atoms with Gasteiger partial charge in [-0.1, -0.05) is 12.1 Å². The fourth-order valence-electron chi connectivity index (χ4n) is 4.00. The van der Waals surface area contributed by atoms with Crippen LogP contribution in [0.2, 0.25) is 0 Å². The standard InChI is InChI=1S/C24H22N4O3/c1-15-20(24(30)27-11-4-12-27)14-28-22(15)21(9-10-26-28)31-17-7-8-18-16(13-17)5-3-6-19(18)23(29)25-2/h3,5-10,13-14H,4,11-12H2,1-2H3,(H,25,29). The normalized spacial score (nSPS) is 13.3. The van der Waals surface area contributed by atoms with Crippen molar-refractivity contribution in [2.45, 2.75) is 13.3 Å². The summed E-state index contributed by atoms with van der Waals surface area (Å²) in [6.45, 7) is 3.53. The van der Waals surface area contributed by atoms with E-state index < -0.39 is 0 Å². The number of ether oxygens (including phenoxy) is 1. The molecule has 7 nitrogen and oxygen atoms in total. The molecular formula is C24H22N4O3. The number of likely N-dealkylation sites (tertiary alicyclic amines) is 1. The minimum absolute atomic E-state index is 0.0348. The van der Waals surface area contributed by atoms with Gasteiger partial charge in [-0.2, -0.15) is 5.10 Å². The van der Waals surface area contributed by atoms with Gasteiger partial charge in [-0.15, -0.1) is 0 Å². The fraction of sp³-hybridized carbons (Fsp3) is 0.208. The molecule has 1 saturated heterocycles. The lowest BCUT2D eigenvalue weighted by Gasteiger charge is -2.30. The first kappa shape index (κ1) is 19.1. The Kier molecular flexibility index (Phi) is 4.58. The van der Waals surface area contributed by atoms with E-state index >= 15 is 0 Å². The first-order valence-electron chi connectivity index (χ1n) is 10.3. The molecule has 7 heteroatoms. The lowest BCUT2D eigenvalue weighted by atomic mass is 10.0. The summed E-state index contributed by atoms with van der Waals surface area (Å²) in [6, 6.07) is 13.0. The zero-order valence-corrected chi connectivity index (χ0v) is 17.4. The molecule has 0 saturated carbocycles. The summed E-state index contributed by atoms with van der Waals surface area (Å²) in [4.78, 5) is 26.7. The van der Waals surface area contributed by atoms with Crippen LogP contribution in [0.25, 0.3) is 16.3 Å². The van der Waals surface area contributed by atoms with E-state index in [4.69, 9.17) is 4.74 Å². The number of nitrogens with one attached hydrogen (secondary N) is 1. The minimum atomic E-state index is -0.127. The third-order valence-corrected chi connectivity index (χ3v) is 5.82. The number of aromatic nitrogens is 2. The average Bonchev–Trinajstić information content (AvgIpc) is 3.09. The molecule has 156 valence electrons. The van der Waals surface area contributed by atoms with Crippen molar-refractivity contribution in [3.05, 3.63) is 71.5 Å². The molecule has 2 aromatic carbocycles. The van der Waals surface area contributed by atoms with Crippen LogP contribution in [-0.2, 0) is 0 Å². The second kappa shape index (κ2) is 7.43. The number of fused-ring (bicyclic) bond motifs is 2. The van der Waals surface area contributed by atoms with E-state index in [9.17, 15) is 9.59 Å². The SMILES string of the molecule is CNC(=O)c1cccc2cc(Oc3ccnn4cc(C(=O)N5CCC5)c(C)c34)ccc12. The van der Waals surface area contributed by atoms with E-state index in [2.05, 4.69) is 10.4 Å². The van der Waals surface area contributed by atoms with Crippen LogP contribution >= 0.6 is 0 Å². The van der Waals surface area contributed by atoms with Gasteiger partial charge in [0.1, 0.15) is 11.3 Å². The number of carbonyl (C=O) groups excluding carboxylic acids is 2. The molecule has 31 heavy (non-hydrogen) atoms. The van der Waals surface area contributed by atoms with E-state index in [0.29, 0.717) is 22.6 Å². The van der Waals surface area contributed by atoms with Crippen LogP contribution in [-0.4, -0.2) is 46.5 Å². The molecule has 1 aliphatic heterocycles. The third kappa shape index (κ3) is 3.18. The van der Waals surface area contributed by atoms with E-state index in [1.54, 1.807) is 36.1 Å².